The molecular weight excluding hydrogens is 362 g/mol. The summed E-state index contributed by atoms with van der Waals surface area (Å²) in [6.07, 6.45) is 0. The van der Waals surface area contributed by atoms with E-state index in [4.69, 9.17) is 9.15 Å². The molecule has 1 heterocycles. The maximum Gasteiger partial charge on any atom is 0.292 e. The number of ether oxygens (including phenoxy) is 1. The number of halogens is 2. The van der Waals surface area contributed by atoms with E-state index < -0.39 is 22.5 Å². The summed E-state index contributed by atoms with van der Waals surface area (Å²) >= 11 is 0. The Morgan fingerprint density at radius 3 is 2.67 bits per heavy atom. The zero-order valence-electron chi connectivity index (χ0n) is 13.6. The summed E-state index contributed by atoms with van der Waals surface area (Å²) in [5, 5.41) is 13.4. The van der Waals surface area contributed by atoms with Gasteiger partial charge in [-0.1, -0.05) is 12.1 Å². The van der Waals surface area contributed by atoms with E-state index in [1.165, 1.54) is 30.3 Å². The van der Waals surface area contributed by atoms with Gasteiger partial charge in [0.1, 0.15) is 23.9 Å². The molecule has 138 valence electrons. The molecule has 27 heavy (non-hydrogen) atoms. The van der Waals surface area contributed by atoms with Gasteiger partial charge in [-0.15, -0.1) is 0 Å². The van der Waals surface area contributed by atoms with Crippen molar-refractivity contribution in [2.24, 2.45) is 0 Å². The summed E-state index contributed by atoms with van der Waals surface area (Å²) in [6.45, 7) is -0.193. The Bertz CT molecular complexity index is 1000. The van der Waals surface area contributed by atoms with Gasteiger partial charge < -0.3 is 14.5 Å². The molecule has 0 saturated carbocycles. The number of amides is 1. The standard InChI is InChI=1S/C18H12F2N2O5/c19-11-5-7-16(13(20)9-11)26-10-12-6-8-17(27-12)18(23)21-14-3-1-2-4-15(14)22(24)25/h1-9H,10H2,(H,21,23). The van der Waals surface area contributed by atoms with Crippen LogP contribution in [0.1, 0.15) is 16.3 Å². The predicted molar refractivity (Wildman–Crippen MR) is 90.4 cm³/mol. The maximum absolute atomic E-state index is 13.5. The third-order valence-electron chi connectivity index (χ3n) is 3.50. The molecule has 2 aromatic carbocycles. The van der Waals surface area contributed by atoms with Crippen molar-refractivity contribution in [1.29, 1.82) is 0 Å². The summed E-state index contributed by atoms with van der Waals surface area (Å²) < 4.78 is 36.9. The molecule has 0 bridgehead atoms. The zero-order chi connectivity index (χ0) is 19.4. The van der Waals surface area contributed by atoms with Crippen LogP contribution >= 0.6 is 0 Å². The van der Waals surface area contributed by atoms with E-state index in [-0.39, 0.29) is 35.3 Å². The average Bonchev–Trinajstić information content (AvgIpc) is 3.10. The molecular formula is C18H12F2N2O5. The highest BCUT2D eigenvalue weighted by Gasteiger charge is 2.18. The van der Waals surface area contributed by atoms with Gasteiger partial charge in [0.15, 0.2) is 17.3 Å². The Hall–Kier alpha value is -3.75. The fourth-order valence-electron chi connectivity index (χ4n) is 2.24. The van der Waals surface area contributed by atoms with Crippen molar-refractivity contribution in [3.8, 4) is 5.75 Å². The Morgan fingerprint density at radius 2 is 1.93 bits per heavy atom. The minimum Gasteiger partial charge on any atom is -0.483 e. The molecule has 0 saturated heterocycles. The first kappa shape index (κ1) is 18.1. The van der Waals surface area contributed by atoms with Crippen LogP contribution in [0, 0.1) is 21.7 Å². The second-order valence-electron chi connectivity index (χ2n) is 5.36. The molecule has 0 unspecified atom stereocenters. The van der Waals surface area contributed by atoms with Crippen molar-refractivity contribution < 1.29 is 27.7 Å². The number of anilines is 1. The number of para-hydroxylation sites is 2. The number of nitrogens with zero attached hydrogens (tertiary/aromatic N) is 1. The number of benzene rings is 2. The molecule has 0 atom stereocenters. The predicted octanol–water partition coefficient (Wildman–Crippen LogP) is 4.30. The molecule has 0 radical (unpaired) electrons. The molecule has 7 nitrogen and oxygen atoms in total. The lowest BCUT2D eigenvalue weighted by Crippen LogP contribution is -2.12. The highest BCUT2D eigenvalue weighted by Crippen LogP contribution is 2.24. The molecule has 0 aliphatic carbocycles. The van der Waals surface area contributed by atoms with Crippen LogP contribution in [-0.4, -0.2) is 10.8 Å². The number of nitro benzene ring substituents is 1. The van der Waals surface area contributed by atoms with Crippen molar-refractivity contribution in [3.63, 3.8) is 0 Å². The van der Waals surface area contributed by atoms with Gasteiger partial charge >= 0.3 is 0 Å². The largest absolute Gasteiger partial charge is 0.483 e. The van der Waals surface area contributed by atoms with Crippen molar-refractivity contribution >= 4 is 17.3 Å². The van der Waals surface area contributed by atoms with Crippen LogP contribution in [0.25, 0.3) is 0 Å². The van der Waals surface area contributed by atoms with Crippen molar-refractivity contribution in [2.75, 3.05) is 5.32 Å². The maximum atomic E-state index is 13.5. The molecule has 1 N–H and O–H groups in total. The van der Waals surface area contributed by atoms with Crippen LogP contribution in [0.2, 0.25) is 0 Å². The molecule has 1 amide bonds. The third kappa shape index (κ3) is 4.27. The van der Waals surface area contributed by atoms with Crippen LogP contribution in [0.4, 0.5) is 20.2 Å². The van der Waals surface area contributed by atoms with Gasteiger partial charge in [-0.3, -0.25) is 14.9 Å². The minimum absolute atomic E-state index is 0.0232. The van der Waals surface area contributed by atoms with E-state index in [9.17, 15) is 23.7 Å². The lowest BCUT2D eigenvalue weighted by Gasteiger charge is -2.05. The number of carbonyl (C=O) groups excluding carboxylic acids is 1. The topological polar surface area (TPSA) is 94.6 Å². The molecule has 9 heteroatoms. The SMILES string of the molecule is O=C(Nc1ccccc1[N+](=O)[O-])c1ccc(COc2ccc(F)cc2F)o1. The highest BCUT2D eigenvalue weighted by molar-refractivity contribution is 6.03. The van der Waals surface area contributed by atoms with Crippen LogP contribution < -0.4 is 10.1 Å². The van der Waals surface area contributed by atoms with Gasteiger partial charge in [-0.25, -0.2) is 8.78 Å². The Morgan fingerprint density at radius 1 is 1.15 bits per heavy atom. The molecule has 3 aromatic rings. The van der Waals surface area contributed by atoms with Crippen molar-refractivity contribution in [2.45, 2.75) is 6.61 Å². The van der Waals surface area contributed by atoms with Crippen LogP contribution in [0.15, 0.2) is 59.0 Å². The van der Waals surface area contributed by atoms with Gasteiger partial charge in [0.05, 0.1) is 4.92 Å². The van der Waals surface area contributed by atoms with Crippen molar-refractivity contribution in [3.05, 3.63) is 87.9 Å². The van der Waals surface area contributed by atoms with E-state index in [1.54, 1.807) is 6.07 Å². The van der Waals surface area contributed by atoms with Crippen LogP contribution in [0.3, 0.4) is 0 Å². The van der Waals surface area contributed by atoms with E-state index in [0.29, 0.717) is 6.07 Å². The summed E-state index contributed by atoms with van der Waals surface area (Å²) in [5.41, 5.74) is -0.233. The van der Waals surface area contributed by atoms with Crippen LogP contribution in [-0.2, 0) is 6.61 Å². The number of rotatable bonds is 6. The Balaban J connectivity index is 1.67. The van der Waals surface area contributed by atoms with Gasteiger partial charge in [0.2, 0.25) is 0 Å². The summed E-state index contributed by atoms with van der Waals surface area (Å²) in [6, 6.07) is 11.3. The number of nitrogens with one attached hydrogen (secondary N) is 1. The van der Waals surface area contributed by atoms with E-state index in [1.807, 2.05) is 0 Å². The normalized spacial score (nSPS) is 10.4. The quantitative estimate of drug-likeness (QED) is 0.513. The van der Waals surface area contributed by atoms with Gasteiger partial charge in [0.25, 0.3) is 11.6 Å². The first-order chi connectivity index (χ1) is 12.9. The second-order valence-corrected chi connectivity index (χ2v) is 5.36. The van der Waals surface area contributed by atoms with Gasteiger partial charge in [-0.2, -0.15) is 0 Å². The Kier molecular flexibility index (Phi) is 5.11. The van der Waals surface area contributed by atoms with Gasteiger partial charge in [-0.05, 0) is 30.3 Å². The van der Waals surface area contributed by atoms with Crippen molar-refractivity contribution in [1.82, 2.24) is 0 Å². The average molecular weight is 374 g/mol. The molecule has 0 fully saturated rings. The number of carbonyl (C=O) groups is 1. The zero-order valence-corrected chi connectivity index (χ0v) is 13.6. The summed E-state index contributed by atoms with van der Waals surface area (Å²) in [4.78, 5) is 22.6. The summed E-state index contributed by atoms with van der Waals surface area (Å²) in [7, 11) is 0. The van der Waals surface area contributed by atoms with E-state index in [0.717, 1.165) is 12.1 Å². The van der Waals surface area contributed by atoms with Gasteiger partial charge in [0, 0.05) is 12.1 Å². The Labute approximate surface area is 151 Å². The fourth-order valence-corrected chi connectivity index (χ4v) is 2.24. The number of hydrogen-bond acceptors (Lipinski definition) is 5. The number of hydrogen-bond donors (Lipinski definition) is 1. The summed E-state index contributed by atoms with van der Waals surface area (Å²) in [5.74, 6) is -2.34. The smallest absolute Gasteiger partial charge is 0.292 e. The highest BCUT2D eigenvalue weighted by atomic mass is 19.1. The molecule has 0 spiro atoms. The van der Waals surface area contributed by atoms with E-state index in [2.05, 4.69) is 5.32 Å². The second kappa shape index (κ2) is 7.65. The lowest BCUT2D eigenvalue weighted by atomic mass is 10.2. The van der Waals surface area contributed by atoms with E-state index >= 15 is 0 Å². The first-order valence-electron chi connectivity index (χ1n) is 7.65. The lowest BCUT2D eigenvalue weighted by molar-refractivity contribution is -0.383. The molecule has 0 aliphatic heterocycles. The monoisotopic (exact) mass is 374 g/mol. The molecule has 3 rings (SSSR count). The molecule has 1 aromatic heterocycles. The minimum atomic E-state index is -0.865. The fraction of sp³-hybridized carbons (Fsp3) is 0.0556. The molecule has 0 aliphatic rings. The third-order valence-corrected chi connectivity index (χ3v) is 3.50. The number of furan rings is 1. The van der Waals surface area contributed by atoms with Crippen LogP contribution in [0.5, 0.6) is 5.75 Å². The number of nitro groups is 1. The first-order valence-corrected chi connectivity index (χ1v) is 7.65.